The van der Waals surface area contributed by atoms with Crippen molar-refractivity contribution >= 4 is 34.2 Å². The molecule has 1 aliphatic heterocycles. The summed E-state index contributed by atoms with van der Waals surface area (Å²) >= 11 is 3.42. The van der Waals surface area contributed by atoms with Crippen molar-refractivity contribution in [3.63, 3.8) is 0 Å². The van der Waals surface area contributed by atoms with E-state index in [0.717, 1.165) is 49.1 Å². The van der Waals surface area contributed by atoms with Crippen LogP contribution in [-0.4, -0.2) is 43.1 Å². The largest absolute Gasteiger partial charge is 0.493 e. The number of nitrogens with zero attached hydrogens (tertiary/aromatic N) is 1. The van der Waals surface area contributed by atoms with Crippen molar-refractivity contribution in [2.75, 3.05) is 26.2 Å². The van der Waals surface area contributed by atoms with Crippen LogP contribution >= 0.6 is 28.3 Å². The van der Waals surface area contributed by atoms with E-state index in [4.69, 9.17) is 4.74 Å². The number of halogens is 2. The number of rotatable bonds is 7. The third kappa shape index (κ3) is 6.69. The van der Waals surface area contributed by atoms with Gasteiger partial charge in [-0.05, 0) is 50.6 Å². The second kappa shape index (κ2) is 10.9. The molecule has 0 aromatic heterocycles. The molecule has 1 aromatic rings. The number of hydrogen-bond acceptors (Lipinski definition) is 3. The first-order chi connectivity index (χ1) is 10.7. The van der Waals surface area contributed by atoms with Gasteiger partial charge in [-0.3, -0.25) is 4.79 Å². The minimum Gasteiger partial charge on any atom is -0.493 e. The lowest BCUT2D eigenvalue weighted by Crippen LogP contribution is -2.46. The van der Waals surface area contributed by atoms with Crippen molar-refractivity contribution in [2.24, 2.45) is 0 Å². The van der Waals surface area contributed by atoms with E-state index in [1.54, 1.807) is 0 Å². The molecule has 1 amide bonds. The molecule has 1 aromatic carbocycles. The lowest BCUT2D eigenvalue weighted by atomic mass is 10.0. The number of carbonyl (C=O) groups excluding carboxylic acids is 1. The topological polar surface area (TPSA) is 41.6 Å². The Balaban J connectivity index is 0.00000264. The van der Waals surface area contributed by atoms with Gasteiger partial charge in [-0.15, -0.1) is 12.4 Å². The first-order valence-electron chi connectivity index (χ1n) is 8.09. The van der Waals surface area contributed by atoms with Crippen LogP contribution in [0.4, 0.5) is 0 Å². The summed E-state index contributed by atoms with van der Waals surface area (Å²) in [5.74, 6) is 1.01. The zero-order valence-electron chi connectivity index (χ0n) is 13.6. The minimum atomic E-state index is 0. The number of piperidine rings is 1. The predicted octanol–water partition coefficient (Wildman–Crippen LogP) is 3.63. The summed E-state index contributed by atoms with van der Waals surface area (Å²) in [4.78, 5) is 14.6. The summed E-state index contributed by atoms with van der Waals surface area (Å²) in [5.41, 5.74) is 0. The minimum absolute atomic E-state index is 0. The highest BCUT2D eigenvalue weighted by Gasteiger charge is 2.24. The molecule has 0 aliphatic carbocycles. The van der Waals surface area contributed by atoms with Gasteiger partial charge < -0.3 is 15.0 Å². The fraction of sp³-hybridized carbons (Fsp3) is 0.588. The summed E-state index contributed by atoms with van der Waals surface area (Å²) in [7, 11) is 0. The number of benzene rings is 1. The highest BCUT2D eigenvalue weighted by atomic mass is 79.9. The van der Waals surface area contributed by atoms with Crippen LogP contribution in [0.3, 0.4) is 0 Å². The van der Waals surface area contributed by atoms with Crippen LogP contribution in [0.25, 0.3) is 0 Å². The zero-order chi connectivity index (χ0) is 15.8. The molecule has 4 nitrogen and oxygen atoms in total. The monoisotopic (exact) mass is 404 g/mol. The summed E-state index contributed by atoms with van der Waals surface area (Å²) in [6, 6.07) is 8.10. The second-order valence-electron chi connectivity index (χ2n) is 5.62. The van der Waals surface area contributed by atoms with Gasteiger partial charge >= 0.3 is 0 Å². The highest BCUT2D eigenvalue weighted by Crippen LogP contribution is 2.18. The highest BCUT2D eigenvalue weighted by molar-refractivity contribution is 9.10. The van der Waals surface area contributed by atoms with Crippen LogP contribution in [0.15, 0.2) is 28.7 Å². The first kappa shape index (κ1) is 20.3. The Morgan fingerprint density at radius 3 is 2.78 bits per heavy atom. The molecule has 6 heteroatoms. The van der Waals surface area contributed by atoms with E-state index in [9.17, 15) is 4.79 Å². The number of amides is 1. The molecule has 2 rings (SSSR count). The molecule has 0 bridgehead atoms. The zero-order valence-corrected chi connectivity index (χ0v) is 16.0. The van der Waals surface area contributed by atoms with Crippen LogP contribution in [0.5, 0.6) is 5.75 Å². The average molecular weight is 406 g/mol. The Bertz CT molecular complexity index is 481. The third-order valence-corrected chi connectivity index (χ3v) is 4.41. The molecule has 130 valence electrons. The van der Waals surface area contributed by atoms with Crippen molar-refractivity contribution in [3.05, 3.63) is 28.7 Å². The molecule has 1 heterocycles. The maximum absolute atomic E-state index is 12.5. The summed E-state index contributed by atoms with van der Waals surface area (Å²) in [6.45, 7) is 5.42. The van der Waals surface area contributed by atoms with E-state index < -0.39 is 0 Å². The fourth-order valence-corrected chi connectivity index (χ4v) is 3.20. The van der Waals surface area contributed by atoms with E-state index >= 15 is 0 Å². The fourth-order valence-electron chi connectivity index (χ4n) is 2.83. The molecule has 0 saturated carbocycles. The molecule has 1 aliphatic rings. The summed E-state index contributed by atoms with van der Waals surface area (Å²) in [5, 5.41) is 3.35. The smallest absolute Gasteiger partial charge is 0.226 e. The summed E-state index contributed by atoms with van der Waals surface area (Å²) in [6.07, 6.45) is 3.55. The molecule has 1 saturated heterocycles. The Kier molecular flexibility index (Phi) is 9.60. The lowest BCUT2D eigenvalue weighted by molar-refractivity contribution is -0.134. The number of ether oxygens (including phenoxy) is 1. The average Bonchev–Trinajstić information content (AvgIpc) is 2.53. The van der Waals surface area contributed by atoms with Crippen LogP contribution < -0.4 is 10.1 Å². The molecule has 0 atom stereocenters. The van der Waals surface area contributed by atoms with Gasteiger partial charge in [0.15, 0.2) is 0 Å². The van der Waals surface area contributed by atoms with Gasteiger partial charge in [0.25, 0.3) is 0 Å². The predicted molar refractivity (Wildman–Crippen MR) is 99.4 cm³/mol. The van der Waals surface area contributed by atoms with Crippen molar-refractivity contribution < 1.29 is 9.53 Å². The van der Waals surface area contributed by atoms with E-state index in [0.29, 0.717) is 19.1 Å². The van der Waals surface area contributed by atoms with Crippen LogP contribution in [-0.2, 0) is 4.79 Å². The van der Waals surface area contributed by atoms with Gasteiger partial charge in [0.2, 0.25) is 5.91 Å². The third-order valence-electron chi connectivity index (χ3n) is 3.92. The number of carbonyl (C=O) groups is 1. The Hall–Kier alpha value is -0.780. The van der Waals surface area contributed by atoms with Gasteiger partial charge in [-0.2, -0.15) is 0 Å². The maximum atomic E-state index is 12.5. The molecule has 0 unspecified atom stereocenters. The van der Waals surface area contributed by atoms with Gasteiger partial charge in [-0.25, -0.2) is 0 Å². The van der Waals surface area contributed by atoms with Crippen molar-refractivity contribution in [1.29, 1.82) is 0 Å². The second-order valence-corrected chi connectivity index (χ2v) is 6.54. The quantitative estimate of drug-likeness (QED) is 0.753. The van der Waals surface area contributed by atoms with E-state index in [2.05, 4.69) is 33.1 Å². The van der Waals surface area contributed by atoms with Crippen LogP contribution in [0.1, 0.15) is 32.6 Å². The van der Waals surface area contributed by atoms with Gasteiger partial charge in [0, 0.05) is 17.1 Å². The lowest BCUT2D eigenvalue weighted by Gasteiger charge is -2.34. The van der Waals surface area contributed by atoms with Crippen molar-refractivity contribution in [3.8, 4) is 5.75 Å². The van der Waals surface area contributed by atoms with Gasteiger partial charge in [0.1, 0.15) is 5.75 Å². The van der Waals surface area contributed by atoms with E-state index in [-0.39, 0.29) is 18.3 Å². The molecule has 1 N–H and O–H groups in total. The molecular weight excluding hydrogens is 380 g/mol. The maximum Gasteiger partial charge on any atom is 0.226 e. The van der Waals surface area contributed by atoms with Gasteiger partial charge in [-0.1, -0.05) is 28.9 Å². The van der Waals surface area contributed by atoms with E-state index in [1.807, 2.05) is 24.3 Å². The molecule has 0 radical (unpaired) electrons. The van der Waals surface area contributed by atoms with Crippen molar-refractivity contribution in [2.45, 2.75) is 38.6 Å². The normalized spacial score (nSPS) is 14.9. The Morgan fingerprint density at radius 1 is 1.39 bits per heavy atom. The number of hydrogen-bond donors (Lipinski definition) is 1. The van der Waals surface area contributed by atoms with Crippen molar-refractivity contribution in [1.82, 2.24) is 10.2 Å². The summed E-state index contributed by atoms with van der Waals surface area (Å²) < 4.78 is 6.67. The van der Waals surface area contributed by atoms with Crippen LogP contribution in [0, 0.1) is 0 Å². The molecule has 23 heavy (non-hydrogen) atoms. The van der Waals surface area contributed by atoms with Crippen LogP contribution in [0.2, 0.25) is 0 Å². The number of nitrogens with one attached hydrogen (secondary N) is 1. The Morgan fingerprint density at radius 2 is 2.13 bits per heavy atom. The molecule has 1 fully saturated rings. The molecular formula is C17H26BrClN2O2. The Labute approximate surface area is 153 Å². The van der Waals surface area contributed by atoms with Gasteiger partial charge in [0.05, 0.1) is 13.0 Å². The molecule has 0 spiro atoms. The standard InChI is InChI=1S/C17H25BrN2O2.ClH/c1-2-11-20(15-6-9-19-10-7-15)17(21)8-12-22-16-5-3-4-14(18)13-16;/h3-5,13,15,19H,2,6-12H2,1H3;1H. The SMILES string of the molecule is CCCN(C(=O)CCOc1cccc(Br)c1)C1CCNCC1.Cl. The van der Waals surface area contributed by atoms with E-state index in [1.165, 1.54) is 0 Å². The first-order valence-corrected chi connectivity index (χ1v) is 8.88.